The quantitative estimate of drug-likeness (QED) is 0.850. The largest absolute Gasteiger partial charge is 0.395 e. The molecule has 2 heterocycles. The Morgan fingerprint density at radius 2 is 2.10 bits per heavy atom. The summed E-state index contributed by atoms with van der Waals surface area (Å²) >= 11 is 5.81. The van der Waals surface area contributed by atoms with Crippen LogP contribution in [0, 0.1) is 0 Å². The molecule has 6 heteroatoms. The summed E-state index contributed by atoms with van der Waals surface area (Å²) in [5.74, 6) is -0.0794. The lowest BCUT2D eigenvalue weighted by atomic mass is 10.1. The summed E-state index contributed by atoms with van der Waals surface area (Å²) in [7, 11) is 0. The predicted molar refractivity (Wildman–Crippen MR) is 77.9 cm³/mol. The number of hydrogen-bond acceptors (Lipinski definition) is 4. The van der Waals surface area contributed by atoms with Crippen molar-refractivity contribution in [2.24, 2.45) is 0 Å². The molecule has 1 unspecified atom stereocenters. The molecule has 1 N–H and O–H groups in total. The molecule has 1 atom stereocenters. The molecule has 1 aromatic rings. The van der Waals surface area contributed by atoms with E-state index in [-0.39, 0.29) is 18.6 Å². The highest BCUT2D eigenvalue weighted by molar-refractivity contribution is 6.29. The van der Waals surface area contributed by atoms with E-state index >= 15 is 0 Å². The predicted octanol–water partition coefficient (Wildman–Crippen LogP) is 1.26. The highest BCUT2D eigenvalue weighted by Crippen LogP contribution is 2.12. The van der Waals surface area contributed by atoms with Crippen molar-refractivity contribution in [3.8, 4) is 0 Å². The van der Waals surface area contributed by atoms with Gasteiger partial charge in [-0.1, -0.05) is 24.6 Å². The Morgan fingerprint density at radius 1 is 1.40 bits per heavy atom. The van der Waals surface area contributed by atoms with Crippen LogP contribution in [0.3, 0.4) is 0 Å². The fraction of sp³-hybridized carbons (Fsp3) is 0.571. The number of aromatic nitrogens is 1. The van der Waals surface area contributed by atoms with Gasteiger partial charge in [0.15, 0.2) is 0 Å². The van der Waals surface area contributed by atoms with Gasteiger partial charge >= 0.3 is 0 Å². The molecule has 1 aliphatic heterocycles. The number of aliphatic hydroxyl groups is 1. The number of rotatable bonds is 4. The van der Waals surface area contributed by atoms with Gasteiger partial charge < -0.3 is 10.0 Å². The Morgan fingerprint density at radius 3 is 2.65 bits per heavy atom. The lowest BCUT2D eigenvalue weighted by Crippen LogP contribution is -2.52. The van der Waals surface area contributed by atoms with Gasteiger partial charge in [-0.05, 0) is 18.6 Å². The van der Waals surface area contributed by atoms with Crippen LogP contribution >= 0.6 is 11.6 Å². The second-order valence-electron chi connectivity index (χ2n) is 4.92. The number of aliphatic hydroxyl groups excluding tert-OH is 1. The fourth-order valence-corrected chi connectivity index (χ4v) is 2.65. The standard InChI is InChI=1S/C14H20ClN3O2/c1-2-11(10-19)17-6-8-18(9-7-17)14(20)12-4-3-5-13(15)16-12/h3-5,11,19H,2,6-10H2,1H3. The molecule has 1 saturated heterocycles. The van der Waals surface area contributed by atoms with Gasteiger partial charge in [0.05, 0.1) is 6.61 Å². The van der Waals surface area contributed by atoms with Crippen molar-refractivity contribution < 1.29 is 9.90 Å². The Labute approximate surface area is 124 Å². The van der Waals surface area contributed by atoms with Crippen LogP contribution in [0.25, 0.3) is 0 Å². The topological polar surface area (TPSA) is 56.7 Å². The minimum atomic E-state index is -0.0794. The maximum atomic E-state index is 12.3. The zero-order chi connectivity index (χ0) is 14.5. The zero-order valence-electron chi connectivity index (χ0n) is 11.6. The minimum absolute atomic E-state index is 0.0794. The third kappa shape index (κ3) is 3.48. The van der Waals surface area contributed by atoms with Crippen molar-refractivity contribution in [3.63, 3.8) is 0 Å². The van der Waals surface area contributed by atoms with Crippen molar-refractivity contribution in [2.45, 2.75) is 19.4 Å². The smallest absolute Gasteiger partial charge is 0.272 e. The van der Waals surface area contributed by atoms with Gasteiger partial charge in [0.2, 0.25) is 0 Å². The molecule has 1 aromatic heterocycles. The van der Waals surface area contributed by atoms with E-state index in [0.717, 1.165) is 19.5 Å². The average Bonchev–Trinajstić information content (AvgIpc) is 2.48. The van der Waals surface area contributed by atoms with Gasteiger partial charge in [-0.2, -0.15) is 0 Å². The summed E-state index contributed by atoms with van der Waals surface area (Å²) in [6.07, 6.45) is 0.917. The Hall–Kier alpha value is -1.17. The summed E-state index contributed by atoms with van der Waals surface area (Å²) in [6, 6.07) is 5.26. The summed E-state index contributed by atoms with van der Waals surface area (Å²) in [6.45, 7) is 5.11. The zero-order valence-corrected chi connectivity index (χ0v) is 12.4. The molecule has 0 spiro atoms. The number of carbonyl (C=O) groups excluding carboxylic acids is 1. The first-order valence-corrected chi connectivity index (χ1v) is 7.30. The molecule has 0 bridgehead atoms. The first kappa shape index (κ1) is 15.2. The molecule has 1 fully saturated rings. The van der Waals surface area contributed by atoms with Gasteiger partial charge in [-0.15, -0.1) is 0 Å². The van der Waals surface area contributed by atoms with Crippen LogP contribution in [0.4, 0.5) is 0 Å². The van der Waals surface area contributed by atoms with Gasteiger partial charge in [-0.3, -0.25) is 9.69 Å². The third-order valence-electron chi connectivity index (χ3n) is 3.73. The molecular weight excluding hydrogens is 278 g/mol. The van der Waals surface area contributed by atoms with Crippen molar-refractivity contribution in [3.05, 3.63) is 29.0 Å². The molecule has 2 rings (SSSR count). The second kappa shape index (κ2) is 7.02. The van der Waals surface area contributed by atoms with Crippen LogP contribution in [0.15, 0.2) is 18.2 Å². The molecule has 5 nitrogen and oxygen atoms in total. The number of pyridine rings is 1. The number of halogens is 1. The maximum absolute atomic E-state index is 12.3. The lowest BCUT2D eigenvalue weighted by molar-refractivity contribution is 0.0468. The summed E-state index contributed by atoms with van der Waals surface area (Å²) < 4.78 is 0. The van der Waals surface area contributed by atoms with E-state index in [1.54, 1.807) is 23.1 Å². The molecule has 20 heavy (non-hydrogen) atoms. The fourth-order valence-electron chi connectivity index (χ4n) is 2.48. The number of piperazine rings is 1. The Kier molecular flexibility index (Phi) is 5.34. The monoisotopic (exact) mass is 297 g/mol. The van der Waals surface area contributed by atoms with Crippen LogP contribution in [0.1, 0.15) is 23.8 Å². The SMILES string of the molecule is CCC(CO)N1CCN(C(=O)c2cccc(Cl)n2)CC1. The minimum Gasteiger partial charge on any atom is -0.395 e. The van der Waals surface area contributed by atoms with Crippen molar-refractivity contribution in [2.75, 3.05) is 32.8 Å². The van der Waals surface area contributed by atoms with Crippen LogP contribution in [0.5, 0.6) is 0 Å². The van der Waals surface area contributed by atoms with Crippen molar-refractivity contribution >= 4 is 17.5 Å². The van der Waals surface area contributed by atoms with Gasteiger partial charge in [-0.25, -0.2) is 4.98 Å². The number of hydrogen-bond donors (Lipinski definition) is 1. The van der Waals surface area contributed by atoms with E-state index in [2.05, 4.69) is 16.8 Å². The van der Waals surface area contributed by atoms with Crippen LogP contribution in [-0.2, 0) is 0 Å². The van der Waals surface area contributed by atoms with Crippen molar-refractivity contribution in [1.82, 2.24) is 14.8 Å². The Balaban J connectivity index is 1.95. The van der Waals surface area contributed by atoms with Crippen LogP contribution in [-0.4, -0.2) is 64.6 Å². The van der Waals surface area contributed by atoms with Gasteiger partial charge in [0, 0.05) is 32.2 Å². The number of nitrogens with zero attached hydrogens (tertiary/aromatic N) is 3. The van der Waals surface area contributed by atoms with Crippen molar-refractivity contribution in [1.29, 1.82) is 0 Å². The Bertz CT molecular complexity index is 457. The molecule has 0 radical (unpaired) electrons. The van der Waals surface area contributed by atoms with E-state index in [1.165, 1.54) is 0 Å². The molecule has 1 amide bonds. The molecule has 1 aliphatic rings. The van der Waals surface area contributed by atoms with E-state index in [1.807, 2.05) is 0 Å². The second-order valence-corrected chi connectivity index (χ2v) is 5.31. The van der Waals surface area contributed by atoms with E-state index in [4.69, 9.17) is 11.6 Å². The van der Waals surface area contributed by atoms with Gasteiger partial charge in [0.1, 0.15) is 10.8 Å². The molecule has 0 aliphatic carbocycles. The number of amides is 1. The average molecular weight is 298 g/mol. The molecule has 0 aromatic carbocycles. The molecular formula is C14H20ClN3O2. The highest BCUT2D eigenvalue weighted by atomic mass is 35.5. The first-order valence-electron chi connectivity index (χ1n) is 6.92. The lowest BCUT2D eigenvalue weighted by Gasteiger charge is -2.38. The summed E-state index contributed by atoms with van der Waals surface area (Å²) in [5.41, 5.74) is 0.389. The highest BCUT2D eigenvalue weighted by Gasteiger charge is 2.26. The van der Waals surface area contributed by atoms with Gasteiger partial charge in [0.25, 0.3) is 5.91 Å². The summed E-state index contributed by atoms with van der Waals surface area (Å²) in [5, 5.41) is 9.65. The van der Waals surface area contributed by atoms with Crippen LogP contribution in [0.2, 0.25) is 5.15 Å². The van der Waals surface area contributed by atoms with Crippen LogP contribution < -0.4 is 0 Å². The van der Waals surface area contributed by atoms with E-state index < -0.39 is 0 Å². The third-order valence-corrected chi connectivity index (χ3v) is 3.94. The maximum Gasteiger partial charge on any atom is 0.272 e. The normalized spacial score (nSPS) is 18.1. The van der Waals surface area contributed by atoms with E-state index in [9.17, 15) is 9.90 Å². The number of carbonyl (C=O) groups is 1. The summed E-state index contributed by atoms with van der Waals surface area (Å²) in [4.78, 5) is 20.4. The first-order chi connectivity index (χ1) is 9.65. The van der Waals surface area contributed by atoms with E-state index in [0.29, 0.717) is 23.9 Å². The molecule has 0 saturated carbocycles. The molecule has 110 valence electrons.